The molecule has 3 aromatic carbocycles. The van der Waals surface area contributed by atoms with E-state index in [0.717, 1.165) is 6.54 Å². The largest absolute Gasteiger partial charge is 0.479 e. The normalized spacial score (nSPS) is 11.2. The lowest BCUT2D eigenvalue weighted by Crippen LogP contribution is -2.09. The lowest BCUT2D eigenvalue weighted by atomic mass is 10.1. The van der Waals surface area contributed by atoms with Crippen LogP contribution in [0.5, 0.6) is 0 Å². The maximum absolute atomic E-state index is 10.2. The molecule has 0 bridgehead atoms. The predicted molar refractivity (Wildman–Crippen MR) is 97.1 cm³/mol. The number of rotatable bonds is 4. The molecule has 24 heavy (non-hydrogen) atoms. The van der Waals surface area contributed by atoms with E-state index in [-0.39, 0.29) is 0 Å². The van der Waals surface area contributed by atoms with Gasteiger partial charge >= 0.3 is 5.97 Å². The number of carbonyl (C=O) groups is 1. The monoisotopic (exact) mass is 323 g/mol. The van der Waals surface area contributed by atoms with Crippen molar-refractivity contribution < 1.29 is 15.0 Å². The average Bonchev–Trinajstić information content (AvgIpc) is 2.63. The Morgan fingerprint density at radius 1 is 0.958 bits per heavy atom. The summed E-state index contributed by atoms with van der Waals surface area (Å²) >= 11 is 0. The molecule has 3 rings (SSSR count). The predicted octanol–water partition coefficient (Wildman–Crippen LogP) is 4.08. The first-order chi connectivity index (χ1) is 11.6. The van der Waals surface area contributed by atoms with Gasteiger partial charge in [0, 0.05) is 17.6 Å². The summed E-state index contributed by atoms with van der Waals surface area (Å²) in [7, 11) is 0. The lowest BCUT2D eigenvalue weighted by Gasteiger charge is -2.06. The molecule has 0 saturated heterocycles. The number of aliphatic hydroxyl groups excluding tert-OH is 1. The quantitative estimate of drug-likeness (QED) is 0.677. The van der Waals surface area contributed by atoms with Gasteiger partial charge in [0.25, 0.3) is 0 Å². The third kappa shape index (κ3) is 4.57. The fourth-order valence-electron chi connectivity index (χ4n) is 2.35. The van der Waals surface area contributed by atoms with Crippen molar-refractivity contribution in [3.8, 4) is 0 Å². The molecule has 0 amide bonds. The molecule has 0 saturated carbocycles. The highest BCUT2D eigenvalue weighted by Gasteiger charge is 2.14. The summed E-state index contributed by atoms with van der Waals surface area (Å²) in [5.41, 5.74) is 1.63. The number of benzene rings is 3. The Kier molecular flexibility index (Phi) is 6.34. The van der Waals surface area contributed by atoms with E-state index in [1.807, 2.05) is 0 Å². The van der Waals surface area contributed by atoms with Gasteiger partial charge in [-0.15, -0.1) is 0 Å². The van der Waals surface area contributed by atoms with Crippen LogP contribution in [-0.2, 0) is 4.79 Å². The van der Waals surface area contributed by atoms with Gasteiger partial charge in [-0.1, -0.05) is 66.7 Å². The van der Waals surface area contributed by atoms with Crippen LogP contribution in [-0.4, -0.2) is 22.7 Å². The van der Waals surface area contributed by atoms with E-state index in [0.29, 0.717) is 5.56 Å². The van der Waals surface area contributed by atoms with Crippen molar-refractivity contribution >= 4 is 22.4 Å². The summed E-state index contributed by atoms with van der Waals surface area (Å²) < 4.78 is 0. The zero-order chi connectivity index (χ0) is 17.4. The van der Waals surface area contributed by atoms with Crippen LogP contribution < -0.4 is 5.32 Å². The fourth-order valence-corrected chi connectivity index (χ4v) is 2.35. The number of hydrogen-bond acceptors (Lipinski definition) is 3. The first-order valence-corrected chi connectivity index (χ1v) is 7.81. The lowest BCUT2D eigenvalue weighted by molar-refractivity contribution is -0.146. The van der Waals surface area contributed by atoms with Crippen LogP contribution in [0, 0.1) is 0 Å². The zero-order valence-electron chi connectivity index (χ0n) is 13.5. The Labute approximate surface area is 141 Å². The van der Waals surface area contributed by atoms with Crippen LogP contribution in [0.3, 0.4) is 0 Å². The number of nitrogens with one attached hydrogen (secondary N) is 1. The van der Waals surface area contributed by atoms with Crippen LogP contribution >= 0.6 is 0 Å². The van der Waals surface area contributed by atoms with Crippen molar-refractivity contribution in [1.29, 1.82) is 0 Å². The molecule has 1 unspecified atom stereocenters. The molecule has 3 aromatic rings. The second-order valence-corrected chi connectivity index (χ2v) is 5.21. The molecule has 0 aliphatic heterocycles. The molecule has 124 valence electrons. The first-order valence-electron chi connectivity index (χ1n) is 7.81. The Hall–Kier alpha value is -2.85. The third-order valence-corrected chi connectivity index (χ3v) is 3.51. The van der Waals surface area contributed by atoms with Crippen molar-refractivity contribution in [2.45, 2.75) is 13.0 Å². The maximum atomic E-state index is 10.2. The van der Waals surface area contributed by atoms with Gasteiger partial charge < -0.3 is 15.5 Å². The number of fused-ring (bicyclic) bond motifs is 1. The van der Waals surface area contributed by atoms with Crippen molar-refractivity contribution in [3.05, 3.63) is 78.4 Å². The molecule has 0 spiro atoms. The molecular formula is C20H21NO3. The number of anilines is 1. The Bertz CT molecular complexity index is 782. The first kappa shape index (κ1) is 17.5. The number of carboxylic acids is 1. The van der Waals surface area contributed by atoms with E-state index in [1.54, 1.807) is 30.3 Å². The minimum Gasteiger partial charge on any atom is -0.479 e. The van der Waals surface area contributed by atoms with Crippen LogP contribution in [0.1, 0.15) is 18.6 Å². The second-order valence-electron chi connectivity index (χ2n) is 5.21. The summed E-state index contributed by atoms with van der Waals surface area (Å²) in [6, 6.07) is 23.0. The highest BCUT2D eigenvalue weighted by atomic mass is 16.4. The second kappa shape index (κ2) is 8.70. The molecule has 0 heterocycles. The molecule has 1 atom stereocenters. The number of hydrogen-bond donors (Lipinski definition) is 3. The Balaban J connectivity index is 0.000000177. The van der Waals surface area contributed by atoms with Gasteiger partial charge in [0.05, 0.1) is 0 Å². The van der Waals surface area contributed by atoms with Gasteiger partial charge in [0.2, 0.25) is 0 Å². The van der Waals surface area contributed by atoms with Gasteiger partial charge in [0.15, 0.2) is 6.10 Å². The maximum Gasteiger partial charge on any atom is 0.337 e. The summed E-state index contributed by atoms with van der Waals surface area (Å²) in [4.78, 5) is 10.2. The molecule has 0 aliphatic rings. The Morgan fingerprint density at radius 2 is 1.58 bits per heavy atom. The standard InChI is InChI=1S/C12H13N.C8H8O3/c1-2-13-12-9-5-7-10-6-3-4-8-11(10)12;9-7(8(10)11)6-4-2-1-3-5-6/h3-9,13H,2H2,1H3;1-5,7,9H,(H,10,11). The van der Waals surface area contributed by atoms with Crippen molar-refractivity contribution in [3.63, 3.8) is 0 Å². The molecule has 0 aliphatic carbocycles. The molecule has 0 radical (unpaired) electrons. The summed E-state index contributed by atoms with van der Waals surface area (Å²) in [6.45, 7) is 3.08. The van der Waals surface area contributed by atoms with Gasteiger partial charge in [-0.2, -0.15) is 0 Å². The van der Waals surface area contributed by atoms with Gasteiger partial charge in [-0.3, -0.25) is 0 Å². The summed E-state index contributed by atoms with van der Waals surface area (Å²) in [5.74, 6) is -1.23. The van der Waals surface area contributed by atoms with Gasteiger partial charge in [-0.25, -0.2) is 4.79 Å². The van der Waals surface area contributed by atoms with Crippen molar-refractivity contribution in [2.75, 3.05) is 11.9 Å². The minimum atomic E-state index is -1.41. The van der Waals surface area contributed by atoms with Crippen LogP contribution in [0.2, 0.25) is 0 Å². The van der Waals surface area contributed by atoms with Crippen molar-refractivity contribution in [1.82, 2.24) is 0 Å². The zero-order valence-corrected chi connectivity index (χ0v) is 13.5. The van der Waals surface area contributed by atoms with E-state index in [4.69, 9.17) is 10.2 Å². The number of carboxylic acid groups (broad SMARTS) is 1. The van der Waals surface area contributed by atoms with E-state index < -0.39 is 12.1 Å². The summed E-state index contributed by atoms with van der Waals surface area (Å²) in [6.07, 6.45) is -1.41. The van der Waals surface area contributed by atoms with E-state index in [1.165, 1.54) is 16.5 Å². The topological polar surface area (TPSA) is 69.6 Å². The van der Waals surface area contributed by atoms with Crippen molar-refractivity contribution in [2.24, 2.45) is 0 Å². The molecule has 4 nitrogen and oxygen atoms in total. The highest BCUT2D eigenvalue weighted by molar-refractivity contribution is 5.93. The van der Waals surface area contributed by atoms with E-state index in [2.05, 4.69) is 54.7 Å². The molecular weight excluding hydrogens is 302 g/mol. The van der Waals surface area contributed by atoms with Crippen LogP contribution in [0.25, 0.3) is 10.8 Å². The number of aliphatic hydroxyl groups is 1. The number of aliphatic carboxylic acids is 1. The summed E-state index contributed by atoms with van der Waals surface area (Å²) in [5, 5.41) is 23.3. The fraction of sp³-hybridized carbons (Fsp3) is 0.150. The van der Waals surface area contributed by atoms with Crippen LogP contribution in [0.15, 0.2) is 72.8 Å². The Morgan fingerprint density at radius 3 is 2.25 bits per heavy atom. The SMILES string of the molecule is CCNc1cccc2ccccc12.O=C(O)C(O)c1ccccc1. The van der Waals surface area contributed by atoms with E-state index in [9.17, 15) is 4.79 Å². The van der Waals surface area contributed by atoms with Crippen LogP contribution in [0.4, 0.5) is 5.69 Å². The average molecular weight is 323 g/mol. The minimum absolute atomic E-state index is 0.403. The molecule has 3 N–H and O–H groups in total. The highest BCUT2D eigenvalue weighted by Crippen LogP contribution is 2.22. The van der Waals surface area contributed by atoms with E-state index >= 15 is 0 Å². The molecule has 0 fully saturated rings. The third-order valence-electron chi connectivity index (χ3n) is 3.51. The smallest absolute Gasteiger partial charge is 0.337 e. The molecule has 0 aromatic heterocycles. The van der Waals surface area contributed by atoms with Gasteiger partial charge in [-0.05, 0) is 23.9 Å². The molecule has 4 heteroatoms. The van der Waals surface area contributed by atoms with Gasteiger partial charge in [0.1, 0.15) is 0 Å².